The molecule has 0 bridgehead atoms. The highest BCUT2D eigenvalue weighted by molar-refractivity contribution is 7.99. The van der Waals surface area contributed by atoms with E-state index in [1.807, 2.05) is 6.26 Å². The molecular formula is C12H19N3O2S2. The number of primary amides is 1. The van der Waals surface area contributed by atoms with Gasteiger partial charge in [0.25, 0.3) is 5.91 Å². The summed E-state index contributed by atoms with van der Waals surface area (Å²) in [6.45, 7) is 1.80. The molecule has 1 aliphatic rings. The summed E-state index contributed by atoms with van der Waals surface area (Å²) < 4.78 is 5.43. The third-order valence-electron chi connectivity index (χ3n) is 3.31. The topological polar surface area (TPSA) is 81.6 Å². The van der Waals surface area contributed by atoms with Crippen LogP contribution in [0.1, 0.15) is 22.5 Å². The fourth-order valence-electron chi connectivity index (χ4n) is 2.32. The van der Waals surface area contributed by atoms with Crippen molar-refractivity contribution in [1.82, 2.24) is 0 Å². The molecule has 2 rings (SSSR count). The first-order chi connectivity index (χ1) is 9.08. The van der Waals surface area contributed by atoms with Crippen LogP contribution in [0, 0.1) is 0 Å². The van der Waals surface area contributed by atoms with Crippen molar-refractivity contribution in [2.24, 2.45) is 5.73 Å². The molecule has 1 unspecified atom stereocenters. The predicted octanol–water partition coefficient (Wildman–Crippen LogP) is 1.77. The summed E-state index contributed by atoms with van der Waals surface area (Å²) in [5, 5.41) is 1.04. The molecule has 1 aromatic heterocycles. The standard InChI is InChI=1S/C12H19N3O2S2/c1-17-7-4-3-5-15(6-7)12-10(18-2)8(13)9(19-12)11(14)16/h7H,3-6,13H2,1-2H3,(H2,14,16). The van der Waals surface area contributed by atoms with Gasteiger partial charge in [-0.1, -0.05) is 0 Å². The summed E-state index contributed by atoms with van der Waals surface area (Å²) in [4.78, 5) is 15.1. The Balaban J connectivity index is 2.33. The van der Waals surface area contributed by atoms with Crippen LogP contribution in [0.15, 0.2) is 4.90 Å². The van der Waals surface area contributed by atoms with Gasteiger partial charge < -0.3 is 21.1 Å². The number of hydrogen-bond donors (Lipinski definition) is 2. The molecule has 1 aromatic rings. The molecule has 106 valence electrons. The van der Waals surface area contributed by atoms with Crippen LogP contribution in [0.25, 0.3) is 0 Å². The highest BCUT2D eigenvalue weighted by atomic mass is 32.2. The molecule has 1 saturated heterocycles. The lowest BCUT2D eigenvalue weighted by Gasteiger charge is -2.33. The number of nitrogens with zero attached hydrogens (tertiary/aromatic N) is 1. The molecule has 2 heterocycles. The van der Waals surface area contributed by atoms with E-state index in [0.717, 1.165) is 35.8 Å². The summed E-state index contributed by atoms with van der Waals surface area (Å²) in [6, 6.07) is 0. The molecule has 0 spiro atoms. The molecule has 1 fully saturated rings. The van der Waals surface area contributed by atoms with Gasteiger partial charge in [-0.15, -0.1) is 23.1 Å². The Hall–Kier alpha value is -0.920. The summed E-state index contributed by atoms with van der Waals surface area (Å²) in [6.07, 6.45) is 4.36. The second kappa shape index (κ2) is 6.02. The van der Waals surface area contributed by atoms with Crippen LogP contribution in [-0.2, 0) is 4.74 Å². The zero-order valence-electron chi connectivity index (χ0n) is 11.1. The Kier molecular flexibility index (Phi) is 4.59. The van der Waals surface area contributed by atoms with E-state index < -0.39 is 5.91 Å². The van der Waals surface area contributed by atoms with E-state index in [9.17, 15) is 4.79 Å². The average Bonchev–Trinajstić information content (AvgIpc) is 2.75. The van der Waals surface area contributed by atoms with Crippen LogP contribution in [0.4, 0.5) is 10.7 Å². The van der Waals surface area contributed by atoms with Gasteiger partial charge in [0.15, 0.2) is 0 Å². The van der Waals surface area contributed by atoms with Gasteiger partial charge in [0, 0.05) is 20.2 Å². The van der Waals surface area contributed by atoms with Gasteiger partial charge in [-0.05, 0) is 19.1 Å². The smallest absolute Gasteiger partial charge is 0.261 e. The van der Waals surface area contributed by atoms with E-state index in [-0.39, 0.29) is 6.10 Å². The molecule has 1 aliphatic heterocycles. The Labute approximate surface area is 121 Å². The Morgan fingerprint density at radius 1 is 1.58 bits per heavy atom. The first kappa shape index (κ1) is 14.5. The van der Waals surface area contributed by atoms with Gasteiger partial charge in [-0.25, -0.2) is 0 Å². The average molecular weight is 301 g/mol. The quantitative estimate of drug-likeness (QED) is 0.828. The SMILES string of the molecule is COC1CCCN(c2sc(C(N)=O)c(N)c2SC)C1. The van der Waals surface area contributed by atoms with Crippen molar-refractivity contribution in [2.75, 3.05) is 37.1 Å². The highest BCUT2D eigenvalue weighted by Crippen LogP contribution is 2.44. The molecule has 0 radical (unpaired) electrons. The van der Waals surface area contributed by atoms with E-state index >= 15 is 0 Å². The largest absolute Gasteiger partial charge is 0.396 e. The molecule has 1 amide bonds. The van der Waals surface area contributed by atoms with Gasteiger partial charge in [-0.2, -0.15) is 0 Å². The number of methoxy groups -OCH3 is 1. The number of carbonyl (C=O) groups is 1. The van der Waals surface area contributed by atoms with Crippen molar-refractivity contribution < 1.29 is 9.53 Å². The second-order valence-corrected chi connectivity index (χ2v) is 6.31. The monoisotopic (exact) mass is 301 g/mol. The number of carbonyl (C=O) groups excluding carboxylic acids is 1. The van der Waals surface area contributed by atoms with E-state index in [2.05, 4.69) is 4.90 Å². The zero-order valence-corrected chi connectivity index (χ0v) is 12.8. The van der Waals surface area contributed by atoms with Crippen molar-refractivity contribution in [3.8, 4) is 0 Å². The van der Waals surface area contributed by atoms with Crippen molar-refractivity contribution in [1.29, 1.82) is 0 Å². The first-order valence-electron chi connectivity index (χ1n) is 6.12. The van der Waals surface area contributed by atoms with E-state index in [0.29, 0.717) is 10.6 Å². The van der Waals surface area contributed by atoms with E-state index in [4.69, 9.17) is 16.2 Å². The number of anilines is 2. The lowest BCUT2D eigenvalue weighted by atomic mass is 10.1. The molecule has 19 heavy (non-hydrogen) atoms. The maximum Gasteiger partial charge on any atom is 0.261 e. The first-order valence-corrected chi connectivity index (χ1v) is 8.16. The summed E-state index contributed by atoms with van der Waals surface area (Å²) in [7, 11) is 1.74. The molecule has 0 aromatic carbocycles. The summed E-state index contributed by atoms with van der Waals surface area (Å²) in [5.74, 6) is -0.454. The molecule has 1 atom stereocenters. The number of thiophene rings is 1. The van der Waals surface area contributed by atoms with Crippen molar-refractivity contribution in [3.63, 3.8) is 0 Å². The molecule has 0 aliphatic carbocycles. The second-order valence-electron chi connectivity index (χ2n) is 4.49. The van der Waals surface area contributed by atoms with Crippen molar-refractivity contribution in [3.05, 3.63) is 4.88 Å². The van der Waals surface area contributed by atoms with Gasteiger partial charge >= 0.3 is 0 Å². The summed E-state index contributed by atoms with van der Waals surface area (Å²) in [5.41, 5.74) is 11.9. The molecule has 4 N–H and O–H groups in total. The molecular weight excluding hydrogens is 282 g/mol. The number of amides is 1. The van der Waals surface area contributed by atoms with Crippen molar-refractivity contribution >= 4 is 39.7 Å². The lowest BCUT2D eigenvalue weighted by molar-refractivity contribution is 0.0894. The minimum absolute atomic E-state index is 0.240. The van der Waals surface area contributed by atoms with Crippen LogP contribution < -0.4 is 16.4 Å². The van der Waals surface area contributed by atoms with Crippen LogP contribution in [0.5, 0.6) is 0 Å². The van der Waals surface area contributed by atoms with Gasteiger partial charge in [0.2, 0.25) is 0 Å². The molecule has 5 nitrogen and oxygen atoms in total. The third-order valence-corrected chi connectivity index (χ3v) is 5.54. The molecule has 0 saturated carbocycles. The fraction of sp³-hybridized carbons (Fsp3) is 0.583. The Morgan fingerprint density at radius 2 is 2.32 bits per heavy atom. The van der Waals surface area contributed by atoms with E-state index in [1.54, 1.807) is 18.9 Å². The zero-order chi connectivity index (χ0) is 14.0. The minimum atomic E-state index is -0.454. The predicted molar refractivity (Wildman–Crippen MR) is 81.3 cm³/mol. The number of thioether (sulfide) groups is 1. The maximum atomic E-state index is 11.4. The number of nitrogen functional groups attached to an aromatic ring is 1. The minimum Gasteiger partial charge on any atom is -0.396 e. The number of ether oxygens (including phenoxy) is 1. The Morgan fingerprint density at radius 3 is 2.89 bits per heavy atom. The van der Waals surface area contributed by atoms with E-state index in [1.165, 1.54) is 11.3 Å². The third kappa shape index (κ3) is 2.82. The van der Waals surface area contributed by atoms with Crippen molar-refractivity contribution in [2.45, 2.75) is 23.8 Å². The van der Waals surface area contributed by atoms with Gasteiger partial charge in [0.05, 0.1) is 16.7 Å². The molecule has 7 heteroatoms. The van der Waals surface area contributed by atoms with Crippen LogP contribution in [0.3, 0.4) is 0 Å². The van der Waals surface area contributed by atoms with Gasteiger partial charge in [-0.3, -0.25) is 4.79 Å². The maximum absolute atomic E-state index is 11.4. The number of nitrogens with two attached hydrogens (primary N) is 2. The fourth-order valence-corrected chi connectivity index (χ4v) is 4.39. The van der Waals surface area contributed by atoms with Crippen LogP contribution in [-0.4, -0.2) is 38.5 Å². The van der Waals surface area contributed by atoms with Crippen LogP contribution >= 0.6 is 23.1 Å². The van der Waals surface area contributed by atoms with Gasteiger partial charge in [0.1, 0.15) is 9.88 Å². The number of hydrogen-bond acceptors (Lipinski definition) is 6. The number of rotatable bonds is 4. The number of piperidine rings is 1. The Bertz CT molecular complexity index is 476. The normalized spacial score (nSPS) is 19.7. The summed E-state index contributed by atoms with van der Waals surface area (Å²) >= 11 is 2.95. The highest BCUT2D eigenvalue weighted by Gasteiger charge is 2.26. The lowest BCUT2D eigenvalue weighted by Crippen LogP contribution is -2.39. The van der Waals surface area contributed by atoms with Crippen LogP contribution in [0.2, 0.25) is 0 Å².